The molecule has 9 heteroatoms. The first kappa shape index (κ1) is 26.4. The van der Waals surface area contributed by atoms with E-state index < -0.39 is 27.4 Å². The summed E-state index contributed by atoms with van der Waals surface area (Å²) >= 11 is 0. The standard InChI is InChI=1S/C28H31N3O5S/c1-20-9-8-12-25(21(20)2)31-26(32)18-30(37(34,35)24-15-13-23(36-4)14-16-24)19-28(31,3)27(33)29-17-22-10-6-5-7-11-22/h5-16H,17-19H2,1-4H3,(H,29,33)/t28-/m0/s1. The number of amides is 2. The first-order valence-corrected chi connectivity index (χ1v) is 13.4. The molecule has 0 spiro atoms. The van der Waals surface area contributed by atoms with Crippen molar-refractivity contribution in [1.29, 1.82) is 0 Å². The van der Waals surface area contributed by atoms with Gasteiger partial charge in [-0.2, -0.15) is 4.31 Å². The normalized spacial score (nSPS) is 18.5. The highest BCUT2D eigenvalue weighted by atomic mass is 32.2. The highest BCUT2D eigenvalue weighted by molar-refractivity contribution is 7.89. The van der Waals surface area contributed by atoms with Crippen molar-refractivity contribution < 1.29 is 22.7 Å². The first-order valence-electron chi connectivity index (χ1n) is 11.9. The predicted octanol–water partition coefficient (Wildman–Crippen LogP) is 3.42. The van der Waals surface area contributed by atoms with E-state index in [9.17, 15) is 18.0 Å². The van der Waals surface area contributed by atoms with Crippen LogP contribution in [-0.4, -0.2) is 50.3 Å². The summed E-state index contributed by atoms with van der Waals surface area (Å²) < 4.78 is 33.4. The Hall–Kier alpha value is -3.69. The Kier molecular flexibility index (Phi) is 7.38. The van der Waals surface area contributed by atoms with Gasteiger partial charge in [-0.05, 0) is 67.8 Å². The van der Waals surface area contributed by atoms with Gasteiger partial charge in [-0.3, -0.25) is 14.5 Å². The Labute approximate surface area is 217 Å². The van der Waals surface area contributed by atoms with Crippen LogP contribution < -0.4 is 15.0 Å². The zero-order valence-electron chi connectivity index (χ0n) is 21.4. The van der Waals surface area contributed by atoms with Crippen molar-refractivity contribution in [2.45, 2.75) is 37.8 Å². The number of aryl methyl sites for hydroxylation is 1. The zero-order chi connectivity index (χ0) is 26.8. The van der Waals surface area contributed by atoms with Gasteiger partial charge in [0, 0.05) is 18.8 Å². The number of hydrogen-bond acceptors (Lipinski definition) is 5. The van der Waals surface area contributed by atoms with Crippen LogP contribution in [0.5, 0.6) is 5.75 Å². The van der Waals surface area contributed by atoms with Crippen LogP contribution in [0.2, 0.25) is 0 Å². The number of anilines is 1. The minimum Gasteiger partial charge on any atom is -0.497 e. The molecule has 0 bridgehead atoms. The summed E-state index contributed by atoms with van der Waals surface area (Å²) in [5, 5.41) is 2.92. The van der Waals surface area contributed by atoms with Crippen LogP contribution in [0.4, 0.5) is 5.69 Å². The second-order valence-electron chi connectivity index (χ2n) is 9.34. The van der Waals surface area contributed by atoms with Crippen LogP contribution in [0.3, 0.4) is 0 Å². The van der Waals surface area contributed by atoms with Crippen molar-refractivity contribution in [3.8, 4) is 5.75 Å². The number of nitrogens with zero attached hydrogens (tertiary/aromatic N) is 2. The third-order valence-corrected chi connectivity index (χ3v) is 8.64. The molecular weight excluding hydrogens is 490 g/mol. The molecule has 3 aromatic carbocycles. The Morgan fingerprint density at radius 3 is 2.32 bits per heavy atom. The maximum atomic E-state index is 13.8. The van der Waals surface area contributed by atoms with E-state index in [0.29, 0.717) is 11.4 Å². The second kappa shape index (κ2) is 10.4. The average Bonchev–Trinajstić information content (AvgIpc) is 2.89. The molecule has 3 aromatic rings. The zero-order valence-corrected chi connectivity index (χ0v) is 22.2. The number of carbonyl (C=O) groups excluding carboxylic acids is 2. The average molecular weight is 522 g/mol. The van der Waals surface area contributed by atoms with Gasteiger partial charge in [-0.1, -0.05) is 42.5 Å². The van der Waals surface area contributed by atoms with Gasteiger partial charge in [0.1, 0.15) is 11.3 Å². The molecule has 8 nitrogen and oxygen atoms in total. The molecule has 1 N–H and O–H groups in total. The lowest BCUT2D eigenvalue weighted by molar-refractivity contribution is -0.133. The molecule has 0 aliphatic carbocycles. The quantitative estimate of drug-likeness (QED) is 0.514. The number of nitrogens with one attached hydrogen (secondary N) is 1. The Morgan fingerprint density at radius 2 is 1.68 bits per heavy atom. The fraction of sp³-hybridized carbons (Fsp3) is 0.286. The van der Waals surface area contributed by atoms with E-state index in [2.05, 4.69) is 5.32 Å². The minimum absolute atomic E-state index is 0.0216. The van der Waals surface area contributed by atoms with Crippen LogP contribution in [0.1, 0.15) is 23.6 Å². The first-order chi connectivity index (χ1) is 17.6. The van der Waals surface area contributed by atoms with Crippen LogP contribution >= 0.6 is 0 Å². The van der Waals surface area contributed by atoms with Crippen LogP contribution in [-0.2, 0) is 26.2 Å². The third kappa shape index (κ3) is 5.10. The van der Waals surface area contributed by atoms with Gasteiger partial charge in [-0.15, -0.1) is 0 Å². The summed E-state index contributed by atoms with van der Waals surface area (Å²) in [6, 6.07) is 20.9. The van der Waals surface area contributed by atoms with Gasteiger partial charge >= 0.3 is 0 Å². The smallest absolute Gasteiger partial charge is 0.247 e. The van der Waals surface area contributed by atoms with E-state index in [0.717, 1.165) is 21.0 Å². The summed E-state index contributed by atoms with van der Waals surface area (Å²) in [7, 11) is -2.57. The van der Waals surface area contributed by atoms with Gasteiger partial charge < -0.3 is 10.1 Å². The number of ether oxygens (including phenoxy) is 1. The summed E-state index contributed by atoms with van der Waals surface area (Å²) in [6.45, 7) is 5.09. The lowest BCUT2D eigenvalue weighted by Gasteiger charge is -2.47. The molecule has 1 atom stereocenters. The lowest BCUT2D eigenvalue weighted by Crippen LogP contribution is -2.70. The molecule has 1 heterocycles. The van der Waals surface area contributed by atoms with E-state index in [-0.39, 0.29) is 24.5 Å². The Balaban J connectivity index is 1.73. The molecule has 1 aliphatic heterocycles. The second-order valence-corrected chi connectivity index (χ2v) is 11.3. The van der Waals surface area contributed by atoms with Gasteiger partial charge in [0.25, 0.3) is 0 Å². The molecule has 1 saturated heterocycles. The van der Waals surface area contributed by atoms with Crippen molar-refractivity contribution in [2.24, 2.45) is 0 Å². The molecule has 0 aromatic heterocycles. The van der Waals surface area contributed by atoms with Gasteiger partial charge in [-0.25, -0.2) is 8.42 Å². The summed E-state index contributed by atoms with van der Waals surface area (Å²) in [6.07, 6.45) is 0. The van der Waals surface area contributed by atoms with Crippen LogP contribution in [0.15, 0.2) is 77.7 Å². The monoisotopic (exact) mass is 521 g/mol. The summed E-state index contributed by atoms with van der Waals surface area (Å²) in [4.78, 5) is 28.9. The fourth-order valence-electron chi connectivity index (χ4n) is 4.55. The van der Waals surface area contributed by atoms with E-state index in [4.69, 9.17) is 4.74 Å². The molecule has 1 fully saturated rings. The van der Waals surface area contributed by atoms with Crippen molar-refractivity contribution in [3.05, 3.63) is 89.5 Å². The fourth-order valence-corrected chi connectivity index (χ4v) is 6.03. The number of piperazine rings is 1. The Bertz CT molecular complexity index is 1410. The number of carbonyl (C=O) groups is 2. The van der Waals surface area contributed by atoms with E-state index >= 15 is 0 Å². The van der Waals surface area contributed by atoms with Crippen LogP contribution in [0, 0.1) is 13.8 Å². The molecular formula is C28H31N3O5S. The minimum atomic E-state index is -4.07. The van der Waals surface area contributed by atoms with Gasteiger partial charge in [0.2, 0.25) is 21.8 Å². The van der Waals surface area contributed by atoms with Crippen molar-refractivity contribution in [1.82, 2.24) is 9.62 Å². The highest BCUT2D eigenvalue weighted by Gasteiger charge is 2.51. The number of rotatable bonds is 7. The number of sulfonamides is 1. The molecule has 37 heavy (non-hydrogen) atoms. The maximum Gasteiger partial charge on any atom is 0.247 e. The predicted molar refractivity (Wildman–Crippen MR) is 142 cm³/mol. The number of methoxy groups -OCH3 is 1. The van der Waals surface area contributed by atoms with Gasteiger partial charge in [0.05, 0.1) is 18.6 Å². The van der Waals surface area contributed by atoms with Gasteiger partial charge in [0.15, 0.2) is 0 Å². The van der Waals surface area contributed by atoms with E-state index in [1.807, 2.05) is 56.3 Å². The SMILES string of the molecule is COc1ccc(S(=O)(=O)N2CC(=O)N(c3cccc(C)c3C)[C@](C)(C(=O)NCc3ccccc3)C2)cc1. The molecule has 4 rings (SSSR count). The number of benzene rings is 3. The molecule has 0 saturated carbocycles. The molecule has 2 amide bonds. The largest absolute Gasteiger partial charge is 0.497 e. The highest BCUT2D eigenvalue weighted by Crippen LogP contribution is 2.35. The van der Waals surface area contributed by atoms with E-state index in [1.54, 1.807) is 25.1 Å². The third-order valence-electron chi connectivity index (χ3n) is 6.84. The van der Waals surface area contributed by atoms with Crippen molar-refractivity contribution in [2.75, 3.05) is 25.1 Å². The molecule has 0 unspecified atom stereocenters. The Morgan fingerprint density at radius 1 is 1.00 bits per heavy atom. The maximum absolute atomic E-state index is 13.8. The topological polar surface area (TPSA) is 96.0 Å². The molecule has 194 valence electrons. The van der Waals surface area contributed by atoms with Crippen LogP contribution in [0.25, 0.3) is 0 Å². The summed E-state index contributed by atoms with van der Waals surface area (Å²) in [5.41, 5.74) is 1.80. The van der Waals surface area contributed by atoms with E-state index in [1.165, 1.54) is 24.1 Å². The van der Waals surface area contributed by atoms with Crippen molar-refractivity contribution >= 4 is 27.5 Å². The number of hydrogen-bond donors (Lipinski definition) is 1. The summed E-state index contributed by atoms with van der Waals surface area (Å²) in [5.74, 6) is -0.408. The van der Waals surface area contributed by atoms with Crippen molar-refractivity contribution in [3.63, 3.8) is 0 Å². The molecule has 1 aliphatic rings. The lowest BCUT2D eigenvalue weighted by atomic mass is 9.93. The molecule has 0 radical (unpaired) electrons.